The third kappa shape index (κ3) is 3.84. The molecule has 2 N–H and O–H groups in total. The van der Waals surface area contributed by atoms with Crippen LogP contribution in [0, 0.1) is 5.92 Å². The highest BCUT2D eigenvalue weighted by Gasteiger charge is 2.13. The first-order valence-corrected chi connectivity index (χ1v) is 6.04. The van der Waals surface area contributed by atoms with Gasteiger partial charge < -0.3 is 10.4 Å². The summed E-state index contributed by atoms with van der Waals surface area (Å²) in [7, 11) is 0. The third-order valence-corrected chi connectivity index (χ3v) is 2.87. The SMILES string of the molecule is CCC(CC)C(=O)NCc1ccc(C(=O)O)nc1. The maximum Gasteiger partial charge on any atom is 0.354 e. The Labute approximate surface area is 106 Å². The van der Waals surface area contributed by atoms with Gasteiger partial charge in [0.05, 0.1) is 0 Å². The fourth-order valence-electron chi connectivity index (χ4n) is 1.65. The molecule has 18 heavy (non-hydrogen) atoms. The van der Waals surface area contributed by atoms with E-state index in [2.05, 4.69) is 10.3 Å². The van der Waals surface area contributed by atoms with Crippen molar-refractivity contribution in [2.45, 2.75) is 33.2 Å². The molecule has 0 aliphatic carbocycles. The van der Waals surface area contributed by atoms with Gasteiger partial charge in [0.25, 0.3) is 0 Å². The average molecular weight is 250 g/mol. The number of hydrogen-bond donors (Lipinski definition) is 2. The van der Waals surface area contributed by atoms with E-state index in [0.29, 0.717) is 6.54 Å². The Bertz CT molecular complexity index is 411. The highest BCUT2D eigenvalue weighted by atomic mass is 16.4. The van der Waals surface area contributed by atoms with E-state index in [1.54, 1.807) is 6.07 Å². The molecule has 0 saturated carbocycles. The van der Waals surface area contributed by atoms with Crippen molar-refractivity contribution >= 4 is 11.9 Å². The fourth-order valence-corrected chi connectivity index (χ4v) is 1.65. The summed E-state index contributed by atoms with van der Waals surface area (Å²) in [6, 6.07) is 3.09. The van der Waals surface area contributed by atoms with Crippen LogP contribution in [0.4, 0.5) is 0 Å². The Morgan fingerprint density at radius 2 is 2.00 bits per heavy atom. The molecule has 0 bridgehead atoms. The fraction of sp³-hybridized carbons (Fsp3) is 0.462. The van der Waals surface area contributed by atoms with Crippen molar-refractivity contribution in [3.05, 3.63) is 29.6 Å². The van der Waals surface area contributed by atoms with E-state index in [4.69, 9.17) is 5.11 Å². The van der Waals surface area contributed by atoms with Gasteiger partial charge in [-0.1, -0.05) is 19.9 Å². The van der Waals surface area contributed by atoms with Gasteiger partial charge in [0.1, 0.15) is 5.69 Å². The van der Waals surface area contributed by atoms with E-state index < -0.39 is 5.97 Å². The lowest BCUT2D eigenvalue weighted by molar-refractivity contribution is -0.125. The number of carboxylic acids is 1. The second kappa shape index (κ2) is 6.74. The molecule has 0 fully saturated rings. The lowest BCUT2D eigenvalue weighted by atomic mass is 10.0. The number of carbonyl (C=O) groups is 2. The van der Waals surface area contributed by atoms with Crippen LogP contribution in [0.15, 0.2) is 18.3 Å². The van der Waals surface area contributed by atoms with Crippen LogP contribution >= 0.6 is 0 Å². The molecule has 5 heteroatoms. The number of carboxylic acid groups (broad SMARTS) is 1. The van der Waals surface area contributed by atoms with Crippen molar-refractivity contribution in [3.63, 3.8) is 0 Å². The average Bonchev–Trinajstić information content (AvgIpc) is 2.38. The zero-order valence-corrected chi connectivity index (χ0v) is 10.6. The maximum absolute atomic E-state index is 11.7. The molecule has 0 radical (unpaired) electrons. The van der Waals surface area contributed by atoms with Gasteiger partial charge >= 0.3 is 5.97 Å². The second-order valence-electron chi connectivity index (χ2n) is 4.09. The topological polar surface area (TPSA) is 79.3 Å². The third-order valence-electron chi connectivity index (χ3n) is 2.87. The van der Waals surface area contributed by atoms with Gasteiger partial charge in [-0.25, -0.2) is 9.78 Å². The smallest absolute Gasteiger partial charge is 0.354 e. The van der Waals surface area contributed by atoms with Crippen molar-refractivity contribution in [2.24, 2.45) is 5.92 Å². The van der Waals surface area contributed by atoms with Crippen LogP contribution in [0.25, 0.3) is 0 Å². The van der Waals surface area contributed by atoms with E-state index in [9.17, 15) is 9.59 Å². The number of hydrogen-bond acceptors (Lipinski definition) is 3. The van der Waals surface area contributed by atoms with E-state index in [0.717, 1.165) is 18.4 Å². The first-order chi connectivity index (χ1) is 8.58. The molecule has 0 saturated heterocycles. The van der Waals surface area contributed by atoms with Gasteiger partial charge in [0.15, 0.2) is 0 Å². The minimum atomic E-state index is -1.05. The van der Waals surface area contributed by atoms with Crippen LogP contribution in [-0.4, -0.2) is 22.0 Å². The minimum Gasteiger partial charge on any atom is -0.477 e. The summed E-state index contributed by atoms with van der Waals surface area (Å²) in [6.45, 7) is 4.34. The molecule has 1 heterocycles. The normalized spacial score (nSPS) is 10.4. The van der Waals surface area contributed by atoms with Gasteiger partial charge in [-0.15, -0.1) is 0 Å². The molecule has 0 aromatic carbocycles. The standard InChI is InChI=1S/C13H18N2O3/c1-3-10(4-2)12(16)15-8-9-5-6-11(13(17)18)14-7-9/h5-7,10H,3-4,8H2,1-2H3,(H,15,16)(H,17,18). The van der Waals surface area contributed by atoms with Crippen LogP contribution in [0.1, 0.15) is 42.7 Å². The van der Waals surface area contributed by atoms with Crippen LogP contribution in [0.3, 0.4) is 0 Å². The Morgan fingerprint density at radius 1 is 1.33 bits per heavy atom. The van der Waals surface area contributed by atoms with Crippen molar-refractivity contribution in [2.75, 3.05) is 0 Å². The van der Waals surface area contributed by atoms with E-state index in [1.807, 2.05) is 13.8 Å². The van der Waals surface area contributed by atoms with Gasteiger partial charge in [-0.2, -0.15) is 0 Å². The summed E-state index contributed by atoms with van der Waals surface area (Å²) < 4.78 is 0. The summed E-state index contributed by atoms with van der Waals surface area (Å²) in [5, 5.41) is 11.5. The molecule has 0 atom stereocenters. The zero-order chi connectivity index (χ0) is 13.5. The summed E-state index contributed by atoms with van der Waals surface area (Å²) in [5.41, 5.74) is 0.796. The molecule has 1 amide bonds. The summed E-state index contributed by atoms with van der Waals surface area (Å²) in [5.74, 6) is -0.985. The van der Waals surface area contributed by atoms with E-state index in [1.165, 1.54) is 12.3 Å². The van der Waals surface area contributed by atoms with Crippen LogP contribution in [0.2, 0.25) is 0 Å². The monoisotopic (exact) mass is 250 g/mol. The molecule has 1 aromatic heterocycles. The highest BCUT2D eigenvalue weighted by Crippen LogP contribution is 2.08. The Morgan fingerprint density at radius 3 is 2.44 bits per heavy atom. The van der Waals surface area contributed by atoms with Gasteiger partial charge in [0.2, 0.25) is 5.91 Å². The first-order valence-electron chi connectivity index (χ1n) is 6.04. The van der Waals surface area contributed by atoms with Crippen LogP contribution in [-0.2, 0) is 11.3 Å². The number of pyridine rings is 1. The predicted molar refractivity (Wildman–Crippen MR) is 67.1 cm³/mol. The quantitative estimate of drug-likeness (QED) is 0.807. The Hall–Kier alpha value is -1.91. The molecule has 0 unspecified atom stereocenters. The number of nitrogens with zero attached hydrogens (tertiary/aromatic N) is 1. The number of aromatic nitrogens is 1. The predicted octanol–water partition coefficient (Wildman–Crippen LogP) is 1.83. The molecular formula is C13H18N2O3. The molecule has 0 aliphatic heterocycles. The van der Waals surface area contributed by atoms with Crippen molar-refractivity contribution in [3.8, 4) is 0 Å². The Kier molecular flexibility index (Phi) is 5.30. The molecule has 1 aromatic rings. The van der Waals surface area contributed by atoms with Crippen LogP contribution in [0.5, 0.6) is 0 Å². The molecule has 0 spiro atoms. The maximum atomic E-state index is 11.7. The number of aromatic carboxylic acids is 1. The Balaban J connectivity index is 2.53. The largest absolute Gasteiger partial charge is 0.477 e. The molecule has 5 nitrogen and oxygen atoms in total. The number of carbonyl (C=O) groups excluding carboxylic acids is 1. The summed E-state index contributed by atoms with van der Waals surface area (Å²) >= 11 is 0. The summed E-state index contributed by atoms with van der Waals surface area (Å²) in [4.78, 5) is 26.1. The van der Waals surface area contributed by atoms with Crippen LogP contribution < -0.4 is 5.32 Å². The zero-order valence-electron chi connectivity index (χ0n) is 10.6. The molecule has 0 aliphatic rings. The lowest BCUT2D eigenvalue weighted by Gasteiger charge is -2.12. The summed E-state index contributed by atoms with van der Waals surface area (Å²) in [6.07, 6.45) is 3.10. The van der Waals surface area contributed by atoms with E-state index in [-0.39, 0.29) is 17.5 Å². The molecule has 1 rings (SSSR count). The van der Waals surface area contributed by atoms with Gasteiger partial charge in [-0.3, -0.25) is 4.79 Å². The van der Waals surface area contributed by atoms with Gasteiger partial charge in [-0.05, 0) is 24.5 Å². The van der Waals surface area contributed by atoms with Crippen molar-refractivity contribution in [1.82, 2.24) is 10.3 Å². The number of rotatable bonds is 6. The highest BCUT2D eigenvalue weighted by molar-refractivity contribution is 5.85. The lowest BCUT2D eigenvalue weighted by Crippen LogP contribution is -2.29. The van der Waals surface area contributed by atoms with Gasteiger partial charge in [0, 0.05) is 18.7 Å². The van der Waals surface area contributed by atoms with Crippen molar-refractivity contribution in [1.29, 1.82) is 0 Å². The van der Waals surface area contributed by atoms with Crippen molar-refractivity contribution < 1.29 is 14.7 Å². The second-order valence-corrected chi connectivity index (χ2v) is 4.09. The minimum absolute atomic E-state index is 0.00469. The van der Waals surface area contributed by atoms with E-state index >= 15 is 0 Å². The number of amides is 1. The molecular weight excluding hydrogens is 232 g/mol. The number of nitrogens with one attached hydrogen (secondary N) is 1. The molecule has 98 valence electrons. The first kappa shape index (κ1) is 14.2.